The van der Waals surface area contributed by atoms with Crippen LogP contribution in [0.3, 0.4) is 0 Å². The van der Waals surface area contributed by atoms with E-state index in [0.717, 1.165) is 5.56 Å². The predicted octanol–water partition coefficient (Wildman–Crippen LogP) is 1.74. The number of nitrogens with two attached hydrogens (primary N) is 1. The minimum atomic E-state index is -3.50. The number of aryl methyl sites for hydroxylation is 1. The molecule has 0 spiro atoms. The van der Waals surface area contributed by atoms with E-state index in [0.29, 0.717) is 17.9 Å². The first-order valence-corrected chi connectivity index (χ1v) is 7.48. The Hall–Kier alpha value is -0.910. The minimum Gasteiger partial charge on any atom is -0.329 e. The molecule has 1 atom stereocenters. The Morgan fingerprint density at radius 3 is 2.33 bits per heavy atom. The van der Waals surface area contributed by atoms with Gasteiger partial charge in [-0.3, -0.25) is 0 Å². The number of hydrogen-bond acceptors (Lipinski definition) is 3. The third kappa shape index (κ3) is 2.58. The molecule has 0 radical (unpaired) electrons. The maximum absolute atomic E-state index is 12.6. The van der Waals surface area contributed by atoms with Crippen molar-refractivity contribution in [2.24, 2.45) is 5.73 Å². The van der Waals surface area contributed by atoms with E-state index in [1.54, 1.807) is 32.2 Å². The van der Waals surface area contributed by atoms with E-state index in [1.165, 1.54) is 4.31 Å². The highest BCUT2D eigenvalue weighted by molar-refractivity contribution is 7.89. The second kappa shape index (κ2) is 5.38. The number of likely N-dealkylation sites (N-methyl/N-ethyl adjacent to an activating group) is 1. The molecule has 1 aromatic carbocycles. The highest BCUT2D eigenvalue weighted by Crippen LogP contribution is 2.26. The van der Waals surface area contributed by atoms with Crippen molar-refractivity contribution >= 4 is 10.0 Å². The van der Waals surface area contributed by atoms with Crippen molar-refractivity contribution in [3.63, 3.8) is 0 Å². The Labute approximate surface area is 110 Å². The van der Waals surface area contributed by atoms with Gasteiger partial charge in [0.15, 0.2) is 0 Å². The van der Waals surface area contributed by atoms with E-state index >= 15 is 0 Å². The molecule has 0 aliphatic heterocycles. The van der Waals surface area contributed by atoms with Crippen LogP contribution >= 0.6 is 0 Å². The summed E-state index contributed by atoms with van der Waals surface area (Å²) < 4.78 is 26.6. The van der Waals surface area contributed by atoms with E-state index in [9.17, 15) is 8.42 Å². The first kappa shape index (κ1) is 15.1. The second-order valence-corrected chi connectivity index (χ2v) is 6.73. The molecule has 0 fully saturated rings. The van der Waals surface area contributed by atoms with Gasteiger partial charge in [-0.25, -0.2) is 8.42 Å². The van der Waals surface area contributed by atoms with Crippen LogP contribution in [-0.2, 0) is 10.0 Å². The van der Waals surface area contributed by atoms with Gasteiger partial charge in [0.2, 0.25) is 10.0 Å². The van der Waals surface area contributed by atoms with Crippen molar-refractivity contribution < 1.29 is 8.42 Å². The van der Waals surface area contributed by atoms with Crippen LogP contribution in [0.5, 0.6) is 0 Å². The van der Waals surface area contributed by atoms with E-state index in [1.807, 2.05) is 19.9 Å². The summed E-state index contributed by atoms with van der Waals surface area (Å²) in [7, 11) is -1.90. The van der Waals surface area contributed by atoms with Gasteiger partial charge < -0.3 is 5.73 Å². The molecule has 102 valence electrons. The molecular formula is C13H22N2O2S. The molecule has 1 rings (SSSR count). The molecule has 18 heavy (non-hydrogen) atoms. The highest BCUT2D eigenvalue weighted by atomic mass is 32.2. The van der Waals surface area contributed by atoms with Crippen LogP contribution in [0.2, 0.25) is 0 Å². The van der Waals surface area contributed by atoms with Crippen LogP contribution in [0.25, 0.3) is 0 Å². The average Bonchev–Trinajstić information content (AvgIpc) is 2.37. The third-order valence-corrected chi connectivity index (χ3v) is 5.87. The van der Waals surface area contributed by atoms with E-state index in [-0.39, 0.29) is 0 Å². The topological polar surface area (TPSA) is 63.4 Å². The second-order valence-electron chi connectivity index (χ2n) is 4.79. The van der Waals surface area contributed by atoms with Crippen molar-refractivity contribution in [1.29, 1.82) is 0 Å². The summed E-state index contributed by atoms with van der Waals surface area (Å²) in [5.41, 5.74) is 5.92. The SMILES string of the molecule is CCC(C)(CN)N(C)S(=O)(=O)c1ccccc1C. The quantitative estimate of drug-likeness (QED) is 0.886. The molecule has 0 aliphatic carbocycles. The minimum absolute atomic E-state index is 0.297. The van der Waals surface area contributed by atoms with Gasteiger partial charge in [-0.2, -0.15) is 4.31 Å². The third-order valence-electron chi connectivity index (χ3n) is 3.69. The lowest BCUT2D eigenvalue weighted by molar-refractivity contribution is 0.240. The lowest BCUT2D eigenvalue weighted by atomic mass is 10.00. The zero-order valence-corrected chi connectivity index (χ0v) is 12.3. The molecule has 5 heteroatoms. The van der Waals surface area contributed by atoms with E-state index in [2.05, 4.69) is 0 Å². The van der Waals surface area contributed by atoms with Crippen LogP contribution in [0.4, 0.5) is 0 Å². The predicted molar refractivity (Wildman–Crippen MR) is 73.9 cm³/mol. The van der Waals surface area contributed by atoms with Gasteiger partial charge >= 0.3 is 0 Å². The summed E-state index contributed by atoms with van der Waals surface area (Å²) in [6.07, 6.45) is 0.672. The summed E-state index contributed by atoms with van der Waals surface area (Å²) in [6.45, 7) is 5.90. The normalized spacial score (nSPS) is 15.7. The number of hydrogen-bond donors (Lipinski definition) is 1. The molecule has 1 unspecified atom stereocenters. The maximum atomic E-state index is 12.6. The molecule has 0 aliphatic rings. The van der Waals surface area contributed by atoms with Crippen LogP contribution in [0, 0.1) is 6.92 Å². The fraction of sp³-hybridized carbons (Fsp3) is 0.538. The number of nitrogens with zero attached hydrogens (tertiary/aromatic N) is 1. The largest absolute Gasteiger partial charge is 0.329 e. The summed E-state index contributed by atoms with van der Waals surface area (Å²) in [5.74, 6) is 0. The summed E-state index contributed by atoms with van der Waals surface area (Å²) in [5, 5.41) is 0. The Morgan fingerprint density at radius 2 is 1.89 bits per heavy atom. The maximum Gasteiger partial charge on any atom is 0.243 e. The summed E-state index contributed by atoms with van der Waals surface area (Å²) >= 11 is 0. The molecule has 0 amide bonds. The van der Waals surface area contributed by atoms with E-state index in [4.69, 9.17) is 5.73 Å². The van der Waals surface area contributed by atoms with Crippen LogP contribution in [0.15, 0.2) is 29.2 Å². The van der Waals surface area contributed by atoms with Crippen LogP contribution in [-0.4, -0.2) is 31.9 Å². The lowest BCUT2D eigenvalue weighted by Crippen LogP contribution is -2.51. The Balaban J connectivity index is 3.28. The molecule has 0 heterocycles. The fourth-order valence-corrected chi connectivity index (χ4v) is 3.58. The van der Waals surface area contributed by atoms with Crippen molar-refractivity contribution in [3.8, 4) is 0 Å². The molecule has 0 aromatic heterocycles. The standard InChI is InChI=1S/C13H22N2O2S/c1-5-13(3,10-14)15(4)18(16,17)12-9-7-6-8-11(12)2/h6-9H,5,10,14H2,1-4H3. The van der Waals surface area contributed by atoms with E-state index < -0.39 is 15.6 Å². The van der Waals surface area contributed by atoms with Crippen molar-refractivity contribution in [3.05, 3.63) is 29.8 Å². The molecule has 2 N–H and O–H groups in total. The van der Waals surface area contributed by atoms with Gasteiger partial charge in [-0.1, -0.05) is 25.1 Å². The molecule has 0 bridgehead atoms. The first-order chi connectivity index (χ1) is 8.29. The molecule has 0 saturated carbocycles. The summed E-state index contributed by atoms with van der Waals surface area (Å²) in [4.78, 5) is 0.348. The lowest BCUT2D eigenvalue weighted by Gasteiger charge is -2.36. The Bertz CT molecular complexity index is 507. The number of benzene rings is 1. The Morgan fingerprint density at radius 1 is 1.33 bits per heavy atom. The monoisotopic (exact) mass is 270 g/mol. The highest BCUT2D eigenvalue weighted by Gasteiger charge is 2.35. The van der Waals surface area contributed by atoms with Crippen molar-refractivity contribution in [1.82, 2.24) is 4.31 Å². The number of sulfonamides is 1. The van der Waals surface area contributed by atoms with Crippen molar-refractivity contribution in [2.75, 3.05) is 13.6 Å². The smallest absolute Gasteiger partial charge is 0.243 e. The van der Waals surface area contributed by atoms with Gasteiger partial charge in [0.1, 0.15) is 0 Å². The van der Waals surface area contributed by atoms with Gasteiger partial charge in [0, 0.05) is 19.1 Å². The first-order valence-electron chi connectivity index (χ1n) is 6.04. The molecular weight excluding hydrogens is 248 g/mol. The van der Waals surface area contributed by atoms with Gasteiger partial charge in [-0.15, -0.1) is 0 Å². The summed E-state index contributed by atoms with van der Waals surface area (Å²) in [6, 6.07) is 7.00. The van der Waals surface area contributed by atoms with Gasteiger partial charge in [0.05, 0.1) is 4.90 Å². The zero-order chi connectivity index (χ0) is 14.0. The van der Waals surface area contributed by atoms with Crippen LogP contribution in [0.1, 0.15) is 25.8 Å². The van der Waals surface area contributed by atoms with Gasteiger partial charge in [0.25, 0.3) is 0 Å². The molecule has 4 nitrogen and oxygen atoms in total. The van der Waals surface area contributed by atoms with Gasteiger partial charge in [-0.05, 0) is 31.9 Å². The zero-order valence-electron chi connectivity index (χ0n) is 11.5. The van der Waals surface area contributed by atoms with Crippen molar-refractivity contribution in [2.45, 2.75) is 37.6 Å². The Kier molecular flexibility index (Phi) is 4.53. The number of rotatable bonds is 5. The molecule has 1 aromatic rings. The molecule has 0 saturated heterocycles. The average molecular weight is 270 g/mol. The van der Waals surface area contributed by atoms with Crippen LogP contribution < -0.4 is 5.73 Å². The fourth-order valence-electron chi connectivity index (χ4n) is 1.78.